The molecule has 0 aromatic rings. The Morgan fingerprint density at radius 3 is 0.744 bits per heavy atom. The van der Waals surface area contributed by atoms with Gasteiger partial charge < -0.3 is 4.79 Å². The highest BCUT2D eigenvalue weighted by Gasteiger charge is 2.09. The van der Waals surface area contributed by atoms with Crippen LogP contribution in [0.15, 0.2) is 0 Å². The fourth-order valence-corrected chi connectivity index (χ4v) is 7.06. The predicted molar refractivity (Wildman–Crippen MR) is 196 cm³/mol. The van der Waals surface area contributed by atoms with Crippen molar-refractivity contribution in [2.24, 2.45) is 5.92 Å². The Kier molecular flexibility index (Phi) is 39.4. The lowest BCUT2D eigenvalue weighted by molar-refractivity contribution is -0.107. The Morgan fingerprint density at radius 2 is 0.512 bits per heavy atom. The first-order valence-electron chi connectivity index (χ1n) is 20.8. The van der Waals surface area contributed by atoms with Crippen LogP contribution in [0.2, 0.25) is 0 Å². The van der Waals surface area contributed by atoms with Crippen LogP contribution in [0.25, 0.3) is 0 Å². The molecule has 0 saturated carbocycles. The molecule has 0 fully saturated rings. The molecule has 258 valence electrons. The average Bonchev–Trinajstić information content (AvgIpc) is 3.02. The largest absolute Gasteiger partial charge is 0.303 e. The highest BCUT2D eigenvalue weighted by molar-refractivity contribution is 5.48. The lowest BCUT2D eigenvalue weighted by Gasteiger charge is -2.17. The number of carbonyl (C=O) groups excluding carboxylic acids is 1. The summed E-state index contributed by atoms with van der Waals surface area (Å²) in [6.45, 7) is 4.61. The minimum Gasteiger partial charge on any atom is -0.303 e. The molecule has 43 heavy (non-hydrogen) atoms. The van der Waals surface area contributed by atoms with Crippen molar-refractivity contribution in [2.45, 2.75) is 258 Å². The lowest BCUT2D eigenvalue weighted by Crippen LogP contribution is -2.01. The van der Waals surface area contributed by atoms with Crippen LogP contribution in [0.1, 0.15) is 258 Å². The topological polar surface area (TPSA) is 17.1 Å². The van der Waals surface area contributed by atoms with Crippen molar-refractivity contribution in [1.82, 2.24) is 0 Å². The normalized spacial score (nSPS) is 11.6. The van der Waals surface area contributed by atoms with Crippen molar-refractivity contribution in [3.8, 4) is 0 Å². The Bertz CT molecular complexity index is 449. The van der Waals surface area contributed by atoms with Gasteiger partial charge in [-0.2, -0.15) is 0 Å². The Hall–Kier alpha value is -0.330. The van der Waals surface area contributed by atoms with Gasteiger partial charge in [0.25, 0.3) is 0 Å². The zero-order valence-corrected chi connectivity index (χ0v) is 30.4. The molecule has 0 rings (SSSR count). The molecule has 0 unspecified atom stereocenters. The molecule has 0 atom stereocenters. The number of aldehydes is 1. The van der Waals surface area contributed by atoms with Crippen LogP contribution in [-0.4, -0.2) is 6.29 Å². The fraction of sp³-hybridized carbons (Fsp3) is 0.976. The summed E-state index contributed by atoms with van der Waals surface area (Å²) in [5.74, 6) is 0.921. The fourth-order valence-electron chi connectivity index (χ4n) is 7.06. The summed E-state index contributed by atoms with van der Waals surface area (Å²) in [5.41, 5.74) is 0. The zero-order chi connectivity index (χ0) is 31.2. The molecule has 0 aliphatic heterocycles. The van der Waals surface area contributed by atoms with Crippen molar-refractivity contribution in [1.29, 1.82) is 0 Å². The summed E-state index contributed by atoms with van der Waals surface area (Å²) >= 11 is 0. The van der Waals surface area contributed by atoms with Gasteiger partial charge >= 0.3 is 0 Å². The summed E-state index contributed by atoms with van der Waals surface area (Å²) in [6.07, 6.45) is 55.1. The maximum Gasteiger partial charge on any atom is 0.119 e. The van der Waals surface area contributed by atoms with Gasteiger partial charge in [0.2, 0.25) is 0 Å². The average molecular weight is 605 g/mol. The van der Waals surface area contributed by atoms with Crippen LogP contribution >= 0.6 is 0 Å². The number of carbonyl (C=O) groups is 1. The summed E-state index contributed by atoms with van der Waals surface area (Å²) < 4.78 is 0. The van der Waals surface area contributed by atoms with Crippen LogP contribution in [0.3, 0.4) is 0 Å². The Labute approximate surface area is 274 Å². The van der Waals surface area contributed by atoms with E-state index in [4.69, 9.17) is 0 Å². The van der Waals surface area contributed by atoms with Crippen molar-refractivity contribution in [3.05, 3.63) is 0 Å². The van der Waals surface area contributed by atoms with E-state index < -0.39 is 0 Å². The molecule has 0 heterocycles. The van der Waals surface area contributed by atoms with Gasteiger partial charge in [-0.1, -0.05) is 245 Å². The standard InChI is InChI=1S/C42H84O/c1-3-5-7-9-11-13-15-17-19-21-23-25-27-29-31-34-38-42(40-36-33-37-41-43)39-35-32-30-28-26-24-22-20-18-16-14-12-10-8-6-4-2/h41-42H,3-40H2,1-2H3. The molecule has 1 nitrogen and oxygen atoms in total. The molecule has 0 spiro atoms. The van der Waals surface area contributed by atoms with Gasteiger partial charge in [0.1, 0.15) is 6.29 Å². The molecule has 0 aromatic carbocycles. The third-order valence-corrected chi connectivity index (χ3v) is 10.1. The molecule has 0 saturated heterocycles. The smallest absolute Gasteiger partial charge is 0.119 e. The van der Waals surface area contributed by atoms with E-state index in [0.717, 1.165) is 25.0 Å². The van der Waals surface area contributed by atoms with Gasteiger partial charge in [0.15, 0.2) is 0 Å². The van der Waals surface area contributed by atoms with Gasteiger partial charge in [-0.15, -0.1) is 0 Å². The van der Waals surface area contributed by atoms with E-state index in [1.165, 1.54) is 231 Å². The molecule has 0 bridgehead atoms. The van der Waals surface area contributed by atoms with E-state index in [1.54, 1.807) is 0 Å². The number of rotatable bonds is 39. The molecular weight excluding hydrogens is 520 g/mol. The highest BCUT2D eigenvalue weighted by atomic mass is 16.1. The molecule has 0 aliphatic carbocycles. The van der Waals surface area contributed by atoms with Crippen molar-refractivity contribution in [2.75, 3.05) is 0 Å². The van der Waals surface area contributed by atoms with Crippen LogP contribution in [-0.2, 0) is 4.79 Å². The summed E-state index contributed by atoms with van der Waals surface area (Å²) in [7, 11) is 0. The summed E-state index contributed by atoms with van der Waals surface area (Å²) in [4.78, 5) is 10.7. The molecule has 0 radical (unpaired) electrons. The maximum atomic E-state index is 10.7. The minimum absolute atomic E-state index is 0.769. The van der Waals surface area contributed by atoms with Gasteiger partial charge in [0.05, 0.1) is 0 Å². The number of hydrogen-bond acceptors (Lipinski definition) is 1. The van der Waals surface area contributed by atoms with E-state index >= 15 is 0 Å². The van der Waals surface area contributed by atoms with E-state index in [1.807, 2.05) is 0 Å². The van der Waals surface area contributed by atoms with E-state index in [2.05, 4.69) is 13.8 Å². The second-order valence-corrected chi connectivity index (χ2v) is 14.5. The van der Waals surface area contributed by atoms with Crippen molar-refractivity contribution in [3.63, 3.8) is 0 Å². The first kappa shape index (κ1) is 42.7. The highest BCUT2D eigenvalue weighted by Crippen LogP contribution is 2.25. The van der Waals surface area contributed by atoms with Gasteiger partial charge in [-0.05, 0) is 12.3 Å². The Morgan fingerprint density at radius 1 is 0.302 bits per heavy atom. The first-order chi connectivity index (χ1) is 21.3. The predicted octanol–water partition coefficient (Wildman–Crippen LogP) is 15.7. The molecule has 0 aromatic heterocycles. The monoisotopic (exact) mass is 605 g/mol. The second-order valence-electron chi connectivity index (χ2n) is 14.5. The molecule has 0 N–H and O–H groups in total. The quantitative estimate of drug-likeness (QED) is 0.0504. The van der Waals surface area contributed by atoms with E-state index in [9.17, 15) is 4.79 Å². The van der Waals surface area contributed by atoms with E-state index in [0.29, 0.717) is 0 Å². The van der Waals surface area contributed by atoms with Crippen molar-refractivity contribution >= 4 is 6.29 Å². The van der Waals surface area contributed by atoms with Crippen LogP contribution < -0.4 is 0 Å². The molecule has 0 aliphatic rings. The zero-order valence-electron chi connectivity index (χ0n) is 30.4. The minimum atomic E-state index is 0.769. The van der Waals surface area contributed by atoms with Gasteiger partial charge in [-0.3, -0.25) is 0 Å². The van der Waals surface area contributed by atoms with Gasteiger partial charge in [0, 0.05) is 6.42 Å². The lowest BCUT2D eigenvalue weighted by atomic mass is 9.89. The first-order valence-corrected chi connectivity index (χ1v) is 20.8. The van der Waals surface area contributed by atoms with Crippen LogP contribution in [0.5, 0.6) is 0 Å². The summed E-state index contributed by atoms with van der Waals surface area (Å²) in [5, 5.41) is 0. The second kappa shape index (κ2) is 39.7. The number of unbranched alkanes of at least 4 members (excludes halogenated alkanes) is 32. The van der Waals surface area contributed by atoms with Gasteiger partial charge in [-0.25, -0.2) is 0 Å². The number of hydrogen-bond donors (Lipinski definition) is 0. The SMILES string of the molecule is CCCCCCCCCCCCCCCCCCC(CCCCC=O)CCCCCCCCCCCCCCCCCC. The molecule has 1 heteroatoms. The molecule has 0 amide bonds. The third kappa shape index (κ3) is 37.8. The third-order valence-electron chi connectivity index (χ3n) is 10.1. The Balaban J connectivity index is 3.60. The maximum absolute atomic E-state index is 10.7. The summed E-state index contributed by atoms with van der Waals surface area (Å²) in [6, 6.07) is 0. The van der Waals surface area contributed by atoms with E-state index in [-0.39, 0.29) is 0 Å². The van der Waals surface area contributed by atoms with Crippen LogP contribution in [0.4, 0.5) is 0 Å². The molecular formula is C42H84O. The van der Waals surface area contributed by atoms with Crippen molar-refractivity contribution < 1.29 is 4.79 Å². The van der Waals surface area contributed by atoms with Crippen LogP contribution in [0, 0.1) is 5.92 Å².